The van der Waals surface area contributed by atoms with Crippen LogP contribution in [0.15, 0.2) is 89.9 Å². The quantitative estimate of drug-likeness (QED) is 0.113. The Morgan fingerprint density at radius 2 is 1.25 bits per heavy atom. The molecule has 6 N–H and O–H groups in total. The Kier molecular flexibility index (Phi) is 20.9. The Morgan fingerprint density at radius 1 is 0.725 bits per heavy atom. The number of rotatable bonds is 1. The van der Waals surface area contributed by atoms with Crippen molar-refractivity contribution >= 4 is 81.0 Å². The minimum atomic E-state index is -1.72. The second-order valence-corrected chi connectivity index (χ2v) is 18.5. The zero-order valence-electron chi connectivity index (χ0n) is 28.8. The van der Waals surface area contributed by atoms with Gasteiger partial charge in [-0.15, -0.1) is 0 Å². The van der Waals surface area contributed by atoms with Crippen molar-refractivity contribution in [3.63, 3.8) is 0 Å². The van der Waals surface area contributed by atoms with Crippen LogP contribution >= 0.6 is 30.1 Å². The number of carbonyl (C=O) groups is 1. The van der Waals surface area contributed by atoms with Crippen LogP contribution < -0.4 is 11.5 Å². The lowest BCUT2D eigenvalue weighted by atomic mass is 9.93. The Morgan fingerprint density at radius 3 is 1.82 bits per heavy atom. The van der Waals surface area contributed by atoms with Crippen molar-refractivity contribution in [2.45, 2.75) is 89.1 Å². The fourth-order valence-corrected chi connectivity index (χ4v) is 5.88. The summed E-state index contributed by atoms with van der Waals surface area (Å²) in [7, 11) is 14.8. The molecule has 4 aromatic rings. The number of aryl methyl sites for hydroxylation is 1. The van der Waals surface area contributed by atoms with E-state index < -0.39 is 11.4 Å². The molecule has 2 unspecified atom stereocenters. The highest BCUT2D eigenvalue weighted by atomic mass is 35.8. The van der Waals surface area contributed by atoms with Crippen LogP contribution in [0.3, 0.4) is 0 Å². The van der Waals surface area contributed by atoms with E-state index >= 15 is 0 Å². The zero-order valence-corrected chi connectivity index (χ0v) is 32.2. The lowest BCUT2D eigenvalue weighted by Crippen LogP contribution is -2.21. The van der Waals surface area contributed by atoms with Crippen LogP contribution in [-0.4, -0.2) is 45.4 Å². The summed E-state index contributed by atoms with van der Waals surface area (Å²) in [6.45, 7) is 13.8. The van der Waals surface area contributed by atoms with Crippen molar-refractivity contribution < 1.29 is 11.7 Å². The second kappa shape index (κ2) is 24.5. The first kappa shape index (κ1) is 43.5. The van der Waals surface area contributed by atoms with Crippen LogP contribution in [-0.2, 0) is 17.6 Å². The van der Waals surface area contributed by atoms with E-state index in [1.54, 1.807) is 0 Å². The van der Waals surface area contributed by atoms with Crippen molar-refractivity contribution in [3.8, 4) is 0 Å². The maximum Gasteiger partial charge on any atom is 0.643 e. The summed E-state index contributed by atoms with van der Waals surface area (Å²) in [5.74, 6) is 0.149. The van der Waals surface area contributed by atoms with Gasteiger partial charge >= 0.3 is 11.4 Å². The fourth-order valence-electron chi connectivity index (χ4n) is 5.88. The molecule has 0 spiro atoms. The molecule has 7 rings (SSSR count). The minimum absolute atomic E-state index is 0. The molecule has 2 fully saturated rings. The summed E-state index contributed by atoms with van der Waals surface area (Å²) in [6.07, 6.45) is 12.5. The molecule has 0 saturated heterocycles. The van der Waals surface area contributed by atoms with Gasteiger partial charge in [0.1, 0.15) is 5.71 Å². The van der Waals surface area contributed by atoms with E-state index in [4.69, 9.17) is 59.7 Å². The summed E-state index contributed by atoms with van der Waals surface area (Å²) in [6, 6.07) is 27.3. The number of aromatic nitrogens is 1. The predicted octanol–water partition coefficient (Wildman–Crippen LogP) is 10.1. The van der Waals surface area contributed by atoms with E-state index in [0.29, 0.717) is 6.42 Å². The number of nitrogens with two attached hydrogens (primary N) is 2. The van der Waals surface area contributed by atoms with Crippen LogP contribution in [0.5, 0.6) is 0 Å². The highest BCUT2D eigenvalue weighted by molar-refractivity contribution is 7.54. The number of para-hydroxylation sites is 3. The van der Waals surface area contributed by atoms with Crippen LogP contribution in [0.1, 0.15) is 76.9 Å². The van der Waals surface area contributed by atoms with Crippen LogP contribution in [0.4, 0.5) is 17.1 Å². The lowest BCUT2D eigenvalue weighted by Gasteiger charge is -2.18. The standard InChI is InChI=1S/2C13H14N2.C7H9NO.C6H7N.Al.3ClH.H2O.H2/c14-13-9-5-1-3-7-11(9)15-12-8-4-2-6-10(12)13;1-14-12-9-5-6-10-13(12)15-11-7-3-2-4-8-11;1-8-6-4-2-3-5-7(6)9;7-6-4-2-1-3-5-6;;;;;;/h1,3,5,7H,2,4,6,8H2,(H2,14,15);2-4,7-8,12H,5-6,9-10H2;6H,2-5H2;1-5H,7H2;;3*1H;1H2;1H/q;;;;+3;;;;;/p-3/i;;;;;;;;;1+1. The fraction of sp³-hybridized carbons (Fsp3) is 0.359. The van der Waals surface area contributed by atoms with Gasteiger partial charge in [-0.2, -0.15) is 0 Å². The van der Waals surface area contributed by atoms with E-state index in [2.05, 4.69) is 20.7 Å². The third-order valence-corrected chi connectivity index (χ3v) is 8.42. The molecule has 3 aliphatic rings. The number of nitrogen functional groups attached to an aromatic ring is 2. The highest BCUT2D eigenvalue weighted by Crippen LogP contribution is 2.30. The molecule has 2 atom stereocenters. The molecule has 3 aromatic carbocycles. The number of hydrogen-bond donors (Lipinski definition) is 2. The SMILES string of the molecule is Nc1c2c(nc3ccccc13)CCCC2.Nc1ccccc1.O.[2HH].[C-]#[N+]C1CCCCC1=Nc1ccccc1.[C-]#[N+]C1CCCCC1=O.[Cl][Al]([Cl])[Cl]. The van der Waals surface area contributed by atoms with Crippen LogP contribution in [0.25, 0.3) is 20.6 Å². The third kappa shape index (κ3) is 15.6. The Bertz CT molecular complexity index is 1750. The average molecular weight is 767 g/mol. The Balaban J connectivity index is 0.000000343. The number of fused-ring (bicyclic) bond motifs is 2. The number of carbonyl (C=O) groups excluding carboxylic acids is 1. The van der Waals surface area contributed by atoms with E-state index in [1.165, 1.54) is 36.9 Å². The van der Waals surface area contributed by atoms with Crippen molar-refractivity contribution in [1.29, 1.82) is 0 Å². The Labute approximate surface area is 320 Å². The molecule has 0 radical (unpaired) electrons. The maximum atomic E-state index is 10.8. The van der Waals surface area contributed by atoms with E-state index in [9.17, 15) is 4.79 Å². The summed E-state index contributed by atoms with van der Waals surface area (Å²) in [4.78, 5) is 27.0. The number of halogens is 3. The van der Waals surface area contributed by atoms with Gasteiger partial charge in [0.2, 0.25) is 5.78 Å². The molecule has 1 heterocycles. The van der Waals surface area contributed by atoms with Gasteiger partial charge in [-0.05, 0) is 93.7 Å². The summed E-state index contributed by atoms with van der Waals surface area (Å²) < 4.78 is 0. The molecule has 270 valence electrons. The van der Waals surface area contributed by atoms with E-state index in [1.807, 2.05) is 78.9 Å². The molecule has 8 nitrogen and oxygen atoms in total. The van der Waals surface area contributed by atoms with E-state index in [-0.39, 0.29) is 24.8 Å². The first-order valence-corrected chi connectivity index (χ1v) is 22.2. The molecule has 0 aliphatic heterocycles. The minimum Gasteiger partial charge on any atom is -0.412 e. The largest absolute Gasteiger partial charge is 0.643 e. The number of benzene rings is 3. The zero-order chi connectivity index (χ0) is 36.1. The molecule has 3 aliphatic carbocycles. The number of Topliss-reactive ketones (excluding diaryl/α,β-unsaturated/α-hetero) is 1. The van der Waals surface area contributed by atoms with Crippen molar-refractivity contribution in [2.24, 2.45) is 4.99 Å². The van der Waals surface area contributed by atoms with Gasteiger partial charge < -0.3 is 26.6 Å². The van der Waals surface area contributed by atoms with Gasteiger partial charge in [0, 0.05) is 43.1 Å². The average Bonchev–Trinajstić information content (AvgIpc) is 3.14. The van der Waals surface area contributed by atoms with Crippen LogP contribution in [0.2, 0.25) is 0 Å². The summed E-state index contributed by atoms with van der Waals surface area (Å²) >= 11 is -1.72. The Hall–Kier alpha value is -3.65. The molecule has 1 aromatic heterocycles. The third-order valence-electron chi connectivity index (χ3n) is 8.42. The molecule has 0 bridgehead atoms. The van der Waals surface area contributed by atoms with Crippen LogP contribution in [0, 0.1) is 13.1 Å². The van der Waals surface area contributed by atoms with Crippen molar-refractivity contribution in [2.75, 3.05) is 11.5 Å². The highest BCUT2D eigenvalue weighted by Gasteiger charge is 2.26. The number of aliphatic imine (C=N–C) groups is 1. The smallest absolute Gasteiger partial charge is 0.412 e. The molecular weight excluding hydrogens is 718 g/mol. The number of hydrogen-bond acceptors (Lipinski definition) is 5. The topological polar surface area (TPSA) is 135 Å². The molecule has 0 amide bonds. The van der Waals surface area contributed by atoms with Gasteiger partial charge in [-0.3, -0.25) is 9.78 Å². The predicted molar refractivity (Wildman–Crippen MR) is 219 cm³/mol. The van der Waals surface area contributed by atoms with Gasteiger partial charge in [-0.1, -0.05) is 54.6 Å². The van der Waals surface area contributed by atoms with Gasteiger partial charge in [0.05, 0.1) is 11.2 Å². The molecule has 2 saturated carbocycles. The number of ketones is 1. The summed E-state index contributed by atoms with van der Waals surface area (Å²) in [5, 5.41) is 1.11. The van der Waals surface area contributed by atoms with Gasteiger partial charge in [-0.25, -0.2) is 48.3 Å². The van der Waals surface area contributed by atoms with E-state index in [0.717, 1.165) is 78.6 Å². The first-order valence-electron chi connectivity index (χ1n) is 17.0. The van der Waals surface area contributed by atoms with Gasteiger partial charge in [0.15, 0.2) is 0 Å². The second-order valence-electron chi connectivity index (χ2n) is 12.0. The summed E-state index contributed by atoms with van der Waals surface area (Å²) in [5.41, 5.74) is 18.9. The number of anilines is 2. The normalized spacial score (nSPS) is 18.0. The molecule has 51 heavy (non-hydrogen) atoms. The maximum absolute atomic E-state index is 10.8. The number of nitrogens with zero attached hydrogens (tertiary/aromatic N) is 4. The van der Waals surface area contributed by atoms with Crippen molar-refractivity contribution in [3.05, 3.63) is 119 Å². The lowest BCUT2D eigenvalue weighted by molar-refractivity contribution is -0.120. The molecular formula is C39H48AlCl3N6O2. The molecule has 12 heteroatoms. The monoisotopic (exact) mass is 765 g/mol. The van der Waals surface area contributed by atoms with Gasteiger partial charge in [0.25, 0.3) is 12.1 Å². The number of pyridine rings is 1. The van der Waals surface area contributed by atoms with Crippen molar-refractivity contribution in [1.82, 2.24) is 4.98 Å². The first-order chi connectivity index (χ1) is 24.2.